The molecular formula is C8H15NO2. The molecule has 0 saturated carbocycles. The largest absolute Gasteiger partial charge is 0.375 e. The van der Waals surface area contributed by atoms with Gasteiger partial charge in [-0.25, -0.2) is 0 Å². The van der Waals surface area contributed by atoms with Crippen LogP contribution in [0.3, 0.4) is 0 Å². The molecule has 0 amide bonds. The number of hydrogen-bond acceptors (Lipinski definition) is 3. The van der Waals surface area contributed by atoms with Crippen LogP contribution in [0, 0.1) is 0 Å². The molecule has 64 valence electrons. The van der Waals surface area contributed by atoms with E-state index in [1.807, 2.05) is 0 Å². The maximum atomic E-state index is 5.57. The minimum atomic E-state index is 0.311. The van der Waals surface area contributed by atoms with Crippen molar-refractivity contribution in [3.63, 3.8) is 0 Å². The van der Waals surface area contributed by atoms with Gasteiger partial charge >= 0.3 is 0 Å². The normalized spacial score (nSPS) is 39.3. The first-order chi connectivity index (χ1) is 5.47. The van der Waals surface area contributed by atoms with E-state index in [1.54, 1.807) is 0 Å². The quantitative estimate of drug-likeness (QED) is 0.588. The molecule has 0 spiro atoms. The second-order valence-corrected chi connectivity index (χ2v) is 3.16. The van der Waals surface area contributed by atoms with Gasteiger partial charge in [0.05, 0.1) is 18.8 Å². The summed E-state index contributed by atoms with van der Waals surface area (Å²) in [6.45, 7) is 3.71. The van der Waals surface area contributed by atoms with Crippen LogP contribution in [0.25, 0.3) is 0 Å². The van der Waals surface area contributed by atoms with Crippen LogP contribution in [0.1, 0.15) is 12.8 Å². The molecule has 0 aliphatic carbocycles. The highest BCUT2D eigenvalue weighted by molar-refractivity contribution is 4.79. The molecule has 0 aromatic heterocycles. The van der Waals surface area contributed by atoms with Crippen LogP contribution in [0.5, 0.6) is 0 Å². The fraction of sp³-hybridized carbons (Fsp3) is 1.00. The summed E-state index contributed by atoms with van der Waals surface area (Å²) in [5.41, 5.74) is 0. The van der Waals surface area contributed by atoms with Crippen molar-refractivity contribution in [2.75, 3.05) is 26.3 Å². The predicted molar refractivity (Wildman–Crippen MR) is 41.6 cm³/mol. The molecule has 2 aliphatic heterocycles. The van der Waals surface area contributed by atoms with Crippen molar-refractivity contribution in [3.8, 4) is 0 Å². The first-order valence-corrected chi connectivity index (χ1v) is 4.41. The van der Waals surface area contributed by atoms with E-state index in [-0.39, 0.29) is 0 Å². The van der Waals surface area contributed by atoms with Gasteiger partial charge in [0.25, 0.3) is 0 Å². The summed E-state index contributed by atoms with van der Waals surface area (Å²) in [6, 6.07) is 0. The number of rotatable bonds is 1. The van der Waals surface area contributed by atoms with Gasteiger partial charge in [-0.2, -0.15) is 0 Å². The van der Waals surface area contributed by atoms with Gasteiger partial charge < -0.3 is 14.8 Å². The van der Waals surface area contributed by atoms with E-state index in [2.05, 4.69) is 5.32 Å². The summed E-state index contributed by atoms with van der Waals surface area (Å²) >= 11 is 0. The number of hydrogen-bond donors (Lipinski definition) is 1. The molecule has 0 radical (unpaired) electrons. The third-order valence-electron chi connectivity index (χ3n) is 2.34. The van der Waals surface area contributed by atoms with Gasteiger partial charge in [-0.1, -0.05) is 0 Å². The van der Waals surface area contributed by atoms with Crippen LogP contribution >= 0.6 is 0 Å². The molecule has 0 bridgehead atoms. The molecule has 3 heteroatoms. The lowest BCUT2D eigenvalue weighted by molar-refractivity contribution is -0.0612. The van der Waals surface area contributed by atoms with E-state index >= 15 is 0 Å². The molecule has 2 unspecified atom stereocenters. The van der Waals surface area contributed by atoms with Crippen molar-refractivity contribution in [2.45, 2.75) is 25.0 Å². The van der Waals surface area contributed by atoms with Crippen LogP contribution in [-0.2, 0) is 9.47 Å². The van der Waals surface area contributed by atoms with Gasteiger partial charge in [0.2, 0.25) is 0 Å². The highest BCUT2D eigenvalue weighted by atomic mass is 16.5. The highest BCUT2D eigenvalue weighted by Crippen LogP contribution is 2.18. The van der Waals surface area contributed by atoms with Crippen LogP contribution in [0.4, 0.5) is 0 Å². The zero-order valence-corrected chi connectivity index (χ0v) is 6.71. The fourth-order valence-electron chi connectivity index (χ4n) is 1.72. The second-order valence-electron chi connectivity index (χ2n) is 3.16. The molecule has 2 rings (SSSR count). The van der Waals surface area contributed by atoms with Crippen LogP contribution in [0.15, 0.2) is 0 Å². The van der Waals surface area contributed by atoms with Crippen molar-refractivity contribution >= 4 is 0 Å². The topological polar surface area (TPSA) is 30.5 Å². The van der Waals surface area contributed by atoms with Gasteiger partial charge in [-0.3, -0.25) is 0 Å². The average molecular weight is 157 g/mol. The Hall–Kier alpha value is -0.120. The first-order valence-electron chi connectivity index (χ1n) is 4.41. The van der Waals surface area contributed by atoms with E-state index in [4.69, 9.17) is 9.47 Å². The third kappa shape index (κ3) is 1.72. The zero-order valence-electron chi connectivity index (χ0n) is 6.71. The van der Waals surface area contributed by atoms with E-state index in [9.17, 15) is 0 Å². The number of morpholine rings is 1. The van der Waals surface area contributed by atoms with Crippen molar-refractivity contribution < 1.29 is 9.47 Å². The Labute approximate surface area is 67.1 Å². The van der Waals surface area contributed by atoms with Gasteiger partial charge in [-0.05, 0) is 12.8 Å². The molecule has 11 heavy (non-hydrogen) atoms. The molecule has 0 aromatic carbocycles. The molecule has 2 saturated heterocycles. The Morgan fingerprint density at radius 1 is 1.09 bits per heavy atom. The molecule has 2 aliphatic rings. The van der Waals surface area contributed by atoms with Crippen molar-refractivity contribution in [1.82, 2.24) is 5.32 Å². The molecule has 3 nitrogen and oxygen atoms in total. The first kappa shape index (κ1) is 7.53. The maximum Gasteiger partial charge on any atom is 0.0961 e. The molecule has 1 N–H and O–H groups in total. The summed E-state index contributed by atoms with van der Waals surface area (Å²) in [6.07, 6.45) is 3.05. The van der Waals surface area contributed by atoms with Gasteiger partial charge in [0, 0.05) is 19.7 Å². The minimum absolute atomic E-state index is 0.311. The standard InChI is InChI=1S/C8H15NO2/c1-2-7(10-4-1)8-6-9-3-5-11-8/h7-9H,1-6H2. The molecule has 2 fully saturated rings. The third-order valence-corrected chi connectivity index (χ3v) is 2.34. The zero-order chi connectivity index (χ0) is 7.52. The Kier molecular flexibility index (Phi) is 2.41. The lowest BCUT2D eigenvalue weighted by Crippen LogP contribution is -2.44. The summed E-state index contributed by atoms with van der Waals surface area (Å²) in [7, 11) is 0. The lowest BCUT2D eigenvalue weighted by atomic mass is 10.1. The van der Waals surface area contributed by atoms with Gasteiger partial charge in [0.15, 0.2) is 0 Å². The lowest BCUT2D eigenvalue weighted by Gasteiger charge is -2.27. The van der Waals surface area contributed by atoms with Crippen LogP contribution in [0.2, 0.25) is 0 Å². The van der Waals surface area contributed by atoms with Crippen molar-refractivity contribution in [1.29, 1.82) is 0 Å². The van der Waals surface area contributed by atoms with Crippen molar-refractivity contribution in [2.24, 2.45) is 0 Å². The molecule has 2 atom stereocenters. The summed E-state index contributed by atoms with van der Waals surface area (Å²) < 4.78 is 11.1. The van der Waals surface area contributed by atoms with E-state index < -0.39 is 0 Å². The molecule has 2 heterocycles. The summed E-state index contributed by atoms with van der Waals surface area (Å²) in [4.78, 5) is 0. The van der Waals surface area contributed by atoms with Crippen LogP contribution in [-0.4, -0.2) is 38.5 Å². The van der Waals surface area contributed by atoms with E-state index in [1.165, 1.54) is 12.8 Å². The summed E-state index contributed by atoms with van der Waals surface area (Å²) in [5.74, 6) is 0. The fourth-order valence-corrected chi connectivity index (χ4v) is 1.72. The molecule has 0 aromatic rings. The minimum Gasteiger partial charge on any atom is -0.375 e. The smallest absolute Gasteiger partial charge is 0.0961 e. The second kappa shape index (κ2) is 3.52. The Balaban J connectivity index is 1.82. The predicted octanol–water partition coefficient (Wildman–Crippen LogP) is 0.154. The van der Waals surface area contributed by atoms with Crippen LogP contribution < -0.4 is 5.32 Å². The Morgan fingerprint density at radius 3 is 2.64 bits per heavy atom. The highest BCUT2D eigenvalue weighted by Gasteiger charge is 2.27. The number of ether oxygens (including phenoxy) is 2. The summed E-state index contributed by atoms with van der Waals surface area (Å²) in [5, 5.41) is 3.31. The van der Waals surface area contributed by atoms with Gasteiger partial charge in [-0.15, -0.1) is 0 Å². The molecular weight excluding hydrogens is 142 g/mol. The SMILES string of the molecule is C1COC(C2CNCCO2)C1. The maximum absolute atomic E-state index is 5.57. The average Bonchev–Trinajstić information content (AvgIpc) is 2.58. The monoisotopic (exact) mass is 157 g/mol. The van der Waals surface area contributed by atoms with Crippen molar-refractivity contribution in [3.05, 3.63) is 0 Å². The van der Waals surface area contributed by atoms with E-state index in [0.717, 1.165) is 26.3 Å². The Bertz CT molecular complexity index is 117. The van der Waals surface area contributed by atoms with Gasteiger partial charge in [0.1, 0.15) is 0 Å². The van der Waals surface area contributed by atoms with E-state index in [0.29, 0.717) is 12.2 Å². The number of nitrogens with one attached hydrogen (secondary N) is 1. The Morgan fingerprint density at radius 2 is 2.00 bits per heavy atom.